The molecule has 1 saturated heterocycles. The molecule has 7 heteroatoms. The third-order valence-electron chi connectivity index (χ3n) is 4.76. The highest BCUT2D eigenvalue weighted by Gasteiger charge is 2.45. The van der Waals surface area contributed by atoms with E-state index in [9.17, 15) is 9.70 Å². The van der Waals surface area contributed by atoms with Crippen molar-refractivity contribution in [2.24, 2.45) is 5.73 Å². The van der Waals surface area contributed by atoms with Crippen LogP contribution in [0.25, 0.3) is 0 Å². The van der Waals surface area contributed by atoms with E-state index < -0.39 is 0 Å². The SMILES string of the molecule is CCCCCC[N+]1(Cc2ccc(NC(N)=S)cc2)CC[N+](=O)CC1=O. The Kier molecular flexibility index (Phi) is 7.01. The molecule has 1 aliphatic rings. The summed E-state index contributed by atoms with van der Waals surface area (Å²) < 4.78 is 1.25. The Morgan fingerprint density at radius 3 is 2.60 bits per heavy atom. The van der Waals surface area contributed by atoms with Crippen molar-refractivity contribution >= 4 is 28.9 Å². The number of thiocarbonyl (C=S) groups is 1. The Morgan fingerprint density at radius 2 is 2.00 bits per heavy atom. The van der Waals surface area contributed by atoms with Crippen LogP contribution in [0.1, 0.15) is 38.2 Å². The molecule has 2 rings (SSSR count). The molecule has 0 aromatic heterocycles. The molecule has 1 fully saturated rings. The molecule has 3 N–H and O–H groups in total. The summed E-state index contributed by atoms with van der Waals surface area (Å²) in [6.07, 6.45) is 4.49. The highest BCUT2D eigenvalue weighted by molar-refractivity contribution is 7.80. The minimum absolute atomic E-state index is 0.00510. The number of nitrogens with one attached hydrogen (secondary N) is 1. The fourth-order valence-electron chi connectivity index (χ4n) is 3.32. The van der Waals surface area contributed by atoms with Gasteiger partial charge in [-0.05, 0) is 37.2 Å². The Bertz CT molecular complexity index is 632. The average molecular weight is 365 g/mol. The molecule has 1 atom stereocenters. The minimum Gasteiger partial charge on any atom is -0.376 e. The van der Waals surface area contributed by atoms with E-state index in [-0.39, 0.29) is 17.6 Å². The van der Waals surface area contributed by atoms with Gasteiger partial charge in [-0.15, -0.1) is 0 Å². The fraction of sp³-hybridized carbons (Fsp3) is 0.556. The van der Waals surface area contributed by atoms with Crippen LogP contribution in [-0.2, 0) is 11.3 Å². The molecule has 6 nitrogen and oxygen atoms in total. The maximum atomic E-state index is 12.7. The standard InChI is InChI=1S/C18H27N4O2S/c1-2-3-4-5-11-22(12-10-21(24)13-17(22)23)14-15-6-8-16(9-7-15)20-18(19)25/h6-9H,2-5,10-14H2,1H3,(H2-,19,20,25)/q+1/p+1. The first-order chi connectivity index (χ1) is 11.9. The normalized spacial score (nSPS) is 20.5. The van der Waals surface area contributed by atoms with Crippen LogP contribution in [0.2, 0.25) is 0 Å². The molecule has 0 bridgehead atoms. The number of anilines is 1. The number of nitroso groups, excluding NO2 is 1. The first kappa shape index (κ1) is 19.5. The van der Waals surface area contributed by atoms with E-state index >= 15 is 0 Å². The van der Waals surface area contributed by atoms with Crippen LogP contribution in [0.5, 0.6) is 0 Å². The number of quaternary nitrogens is 1. The summed E-state index contributed by atoms with van der Waals surface area (Å²) in [5.74, 6) is 0.0306. The van der Waals surface area contributed by atoms with Crippen LogP contribution in [0, 0.1) is 4.91 Å². The number of benzene rings is 1. The van der Waals surface area contributed by atoms with E-state index in [2.05, 4.69) is 12.2 Å². The number of amides is 1. The molecule has 1 unspecified atom stereocenters. The molecule has 136 valence electrons. The lowest BCUT2D eigenvalue weighted by molar-refractivity contribution is -0.893. The van der Waals surface area contributed by atoms with Gasteiger partial charge in [0.1, 0.15) is 13.1 Å². The monoisotopic (exact) mass is 364 g/mol. The maximum absolute atomic E-state index is 12.7. The Balaban J connectivity index is 2.10. The van der Waals surface area contributed by atoms with Crippen LogP contribution in [0.15, 0.2) is 24.3 Å². The molecule has 25 heavy (non-hydrogen) atoms. The second kappa shape index (κ2) is 9.01. The van der Waals surface area contributed by atoms with Crippen molar-refractivity contribution in [1.82, 2.24) is 0 Å². The number of nitrogens with zero attached hydrogens (tertiary/aromatic N) is 2. The first-order valence-corrected chi connectivity index (χ1v) is 9.33. The summed E-state index contributed by atoms with van der Waals surface area (Å²) in [5, 5.41) is 3.13. The quantitative estimate of drug-likeness (QED) is 0.321. The lowest BCUT2D eigenvalue weighted by Crippen LogP contribution is -2.60. The van der Waals surface area contributed by atoms with E-state index in [1.807, 2.05) is 24.3 Å². The molecular formula is C18H28N4O2S+2. The highest BCUT2D eigenvalue weighted by atomic mass is 32.1. The van der Waals surface area contributed by atoms with Crippen LogP contribution < -0.4 is 11.1 Å². The molecule has 1 heterocycles. The predicted octanol–water partition coefficient (Wildman–Crippen LogP) is 2.56. The van der Waals surface area contributed by atoms with Gasteiger partial charge >= 0.3 is 12.5 Å². The summed E-state index contributed by atoms with van der Waals surface area (Å²) in [6.45, 7) is 4.61. The fourth-order valence-corrected chi connectivity index (χ4v) is 3.43. The van der Waals surface area contributed by atoms with Crippen LogP contribution in [0.4, 0.5) is 5.69 Å². The minimum atomic E-state index is -0.00510. The number of unbranched alkanes of at least 4 members (excludes halogenated alkanes) is 3. The van der Waals surface area contributed by atoms with Crippen molar-refractivity contribution in [1.29, 1.82) is 0 Å². The van der Waals surface area contributed by atoms with Crippen molar-refractivity contribution in [2.75, 3.05) is 31.5 Å². The second-order valence-electron chi connectivity index (χ2n) is 6.75. The third-order valence-corrected chi connectivity index (χ3v) is 4.87. The Hall–Kier alpha value is -1.86. The molecule has 1 aromatic carbocycles. The van der Waals surface area contributed by atoms with Gasteiger partial charge in [-0.25, -0.2) is 9.28 Å². The second-order valence-corrected chi connectivity index (χ2v) is 7.19. The molecule has 0 saturated carbocycles. The van der Waals surface area contributed by atoms with Gasteiger partial charge in [0.25, 0.3) is 0 Å². The predicted molar refractivity (Wildman–Crippen MR) is 103 cm³/mol. The van der Waals surface area contributed by atoms with Gasteiger partial charge in [-0.3, -0.25) is 0 Å². The smallest absolute Gasteiger partial charge is 0.376 e. The van der Waals surface area contributed by atoms with Gasteiger partial charge in [-0.2, -0.15) is 0 Å². The van der Waals surface area contributed by atoms with E-state index in [0.717, 1.165) is 35.4 Å². The van der Waals surface area contributed by atoms with Crippen LogP contribution in [-0.4, -0.2) is 46.4 Å². The van der Waals surface area contributed by atoms with Crippen molar-refractivity contribution in [3.05, 3.63) is 34.7 Å². The number of rotatable bonds is 8. The number of carbonyl (C=O) groups is 1. The van der Waals surface area contributed by atoms with Gasteiger partial charge in [0.05, 0.1) is 6.54 Å². The van der Waals surface area contributed by atoms with Crippen molar-refractivity contribution in [3.8, 4) is 0 Å². The average Bonchev–Trinajstić information content (AvgIpc) is 2.56. The molecule has 0 radical (unpaired) electrons. The maximum Gasteiger partial charge on any atom is 0.383 e. The van der Waals surface area contributed by atoms with Gasteiger partial charge in [0, 0.05) is 20.9 Å². The number of hydrogen-bond acceptors (Lipinski definition) is 3. The molecule has 1 aromatic rings. The molecule has 0 aliphatic carbocycles. The number of carbonyl (C=O) groups excluding carboxylic acids is 1. The number of nitrogens with two attached hydrogens (primary N) is 1. The lowest BCUT2D eigenvalue weighted by Gasteiger charge is -2.35. The van der Waals surface area contributed by atoms with Crippen molar-refractivity contribution in [2.45, 2.75) is 39.2 Å². The van der Waals surface area contributed by atoms with Crippen LogP contribution in [0.3, 0.4) is 0 Å². The van der Waals surface area contributed by atoms with Crippen molar-refractivity contribution < 1.29 is 14.0 Å². The summed E-state index contributed by atoms with van der Waals surface area (Å²) in [7, 11) is 0. The molecule has 0 spiro atoms. The molecular weight excluding hydrogens is 336 g/mol. The molecule has 1 amide bonds. The van der Waals surface area contributed by atoms with E-state index in [0.29, 0.717) is 24.1 Å². The lowest BCUT2D eigenvalue weighted by atomic mass is 10.1. The van der Waals surface area contributed by atoms with E-state index in [1.165, 1.54) is 12.8 Å². The topological polar surface area (TPSA) is 75.2 Å². The first-order valence-electron chi connectivity index (χ1n) is 8.92. The highest BCUT2D eigenvalue weighted by Crippen LogP contribution is 2.22. The van der Waals surface area contributed by atoms with Crippen LogP contribution >= 0.6 is 12.2 Å². The van der Waals surface area contributed by atoms with Gasteiger partial charge in [0.2, 0.25) is 6.54 Å². The number of hydrogen-bond donors (Lipinski definition) is 2. The Labute approximate surface area is 154 Å². The molecule has 1 aliphatic heterocycles. The summed E-state index contributed by atoms with van der Waals surface area (Å²) in [4.78, 5) is 24.3. The van der Waals surface area contributed by atoms with E-state index in [1.54, 1.807) is 0 Å². The summed E-state index contributed by atoms with van der Waals surface area (Å²) in [6, 6.07) is 7.81. The van der Waals surface area contributed by atoms with E-state index in [4.69, 9.17) is 18.0 Å². The third kappa shape index (κ3) is 5.57. The van der Waals surface area contributed by atoms with Gasteiger partial charge in [-0.1, -0.05) is 31.9 Å². The van der Waals surface area contributed by atoms with Gasteiger partial charge < -0.3 is 11.1 Å². The largest absolute Gasteiger partial charge is 0.383 e. The number of piperazine rings is 1. The zero-order valence-electron chi connectivity index (χ0n) is 14.9. The summed E-state index contributed by atoms with van der Waals surface area (Å²) in [5.41, 5.74) is 7.40. The zero-order valence-corrected chi connectivity index (χ0v) is 15.7. The summed E-state index contributed by atoms with van der Waals surface area (Å²) >= 11 is 4.84. The Morgan fingerprint density at radius 1 is 1.28 bits per heavy atom. The zero-order chi connectivity index (χ0) is 18.3. The van der Waals surface area contributed by atoms with Crippen molar-refractivity contribution in [3.63, 3.8) is 0 Å². The van der Waals surface area contributed by atoms with Gasteiger partial charge in [0.15, 0.2) is 5.11 Å².